The van der Waals surface area contributed by atoms with Crippen LogP contribution in [0, 0.1) is 0 Å². The predicted molar refractivity (Wildman–Crippen MR) is 103 cm³/mol. The number of urea groups is 1. The van der Waals surface area contributed by atoms with E-state index in [1.807, 2.05) is 30.3 Å². The summed E-state index contributed by atoms with van der Waals surface area (Å²) in [6.07, 6.45) is 0. The molecule has 0 atom stereocenters. The molecule has 8 heteroatoms. The lowest BCUT2D eigenvalue weighted by atomic mass is 10.2. The second-order valence-corrected chi connectivity index (χ2v) is 8.41. The van der Waals surface area contributed by atoms with E-state index in [1.54, 1.807) is 29.2 Å². The first-order chi connectivity index (χ1) is 12.5. The van der Waals surface area contributed by atoms with Crippen molar-refractivity contribution in [2.45, 2.75) is 5.75 Å². The minimum Gasteiger partial charge on any atom is -0.322 e. The molecule has 0 unspecified atom stereocenters. The van der Waals surface area contributed by atoms with Crippen LogP contribution in [0.4, 0.5) is 10.5 Å². The van der Waals surface area contributed by atoms with E-state index in [1.165, 1.54) is 4.31 Å². The highest BCUT2D eigenvalue weighted by molar-refractivity contribution is 7.88. The summed E-state index contributed by atoms with van der Waals surface area (Å²) in [5.74, 6) is -0.136. The zero-order chi connectivity index (χ0) is 18.6. The number of nitrogens with zero attached hydrogens (tertiary/aromatic N) is 2. The largest absolute Gasteiger partial charge is 0.322 e. The fourth-order valence-corrected chi connectivity index (χ4v) is 4.63. The van der Waals surface area contributed by atoms with Crippen LogP contribution in [0.3, 0.4) is 0 Å². The normalized spacial score (nSPS) is 15.7. The molecule has 1 saturated heterocycles. The highest BCUT2D eigenvalue weighted by atomic mass is 35.5. The number of anilines is 1. The highest BCUT2D eigenvalue weighted by Crippen LogP contribution is 2.20. The third-order valence-corrected chi connectivity index (χ3v) is 6.44. The summed E-state index contributed by atoms with van der Waals surface area (Å²) in [5.41, 5.74) is 1.30. The standard InChI is InChI=1S/C18H20ClN3O3S/c19-17-9-5-4-6-15(17)14-26(24,25)22-12-10-21(11-13-22)18(23)20-16-7-2-1-3-8-16/h1-9H,10-14H2,(H,20,23). The minimum atomic E-state index is -3.48. The van der Waals surface area contributed by atoms with Gasteiger partial charge in [-0.15, -0.1) is 0 Å². The maximum Gasteiger partial charge on any atom is 0.321 e. The highest BCUT2D eigenvalue weighted by Gasteiger charge is 2.29. The Morgan fingerprint density at radius 2 is 1.58 bits per heavy atom. The topological polar surface area (TPSA) is 69.7 Å². The van der Waals surface area contributed by atoms with Crippen molar-refractivity contribution in [1.82, 2.24) is 9.21 Å². The molecule has 0 radical (unpaired) electrons. The number of halogens is 1. The molecule has 1 aliphatic rings. The molecule has 0 bridgehead atoms. The zero-order valence-electron chi connectivity index (χ0n) is 14.1. The van der Waals surface area contributed by atoms with Crippen molar-refractivity contribution >= 4 is 33.3 Å². The first-order valence-corrected chi connectivity index (χ1v) is 10.3. The SMILES string of the molecule is O=C(Nc1ccccc1)N1CCN(S(=O)(=O)Cc2ccccc2Cl)CC1. The Morgan fingerprint density at radius 1 is 0.962 bits per heavy atom. The van der Waals surface area contributed by atoms with E-state index in [-0.39, 0.29) is 24.9 Å². The van der Waals surface area contributed by atoms with Crippen LogP contribution >= 0.6 is 11.6 Å². The van der Waals surface area contributed by atoms with Crippen molar-refractivity contribution < 1.29 is 13.2 Å². The van der Waals surface area contributed by atoms with Crippen LogP contribution < -0.4 is 5.32 Å². The molecule has 6 nitrogen and oxygen atoms in total. The Balaban J connectivity index is 1.57. The van der Waals surface area contributed by atoms with Crippen molar-refractivity contribution in [2.75, 3.05) is 31.5 Å². The third-order valence-electron chi connectivity index (χ3n) is 4.24. The number of carbonyl (C=O) groups excluding carboxylic acids is 1. The van der Waals surface area contributed by atoms with E-state index in [4.69, 9.17) is 11.6 Å². The Morgan fingerprint density at radius 3 is 2.23 bits per heavy atom. The fraction of sp³-hybridized carbons (Fsp3) is 0.278. The lowest BCUT2D eigenvalue weighted by Crippen LogP contribution is -2.51. The Kier molecular flexibility index (Phi) is 5.80. The van der Waals surface area contributed by atoms with Gasteiger partial charge in [0.2, 0.25) is 10.0 Å². The lowest BCUT2D eigenvalue weighted by Gasteiger charge is -2.34. The predicted octanol–water partition coefficient (Wildman–Crippen LogP) is 3.02. The average Bonchev–Trinajstić information content (AvgIpc) is 2.64. The number of rotatable bonds is 4. The molecule has 3 rings (SSSR count). The molecule has 1 heterocycles. The van der Waals surface area contributed by atoms with Crippen LogP contribution in [0.1, 0.15) is 5.56 Å². The van der Waals surface area contributed by atoms with Crippen molar-refractivity contribution in [2.24, 2.45) is 0 Å². The Labute approximate surface area is 158 Å². The van der Waals surface area contributed by atoms with E-state index in [0.717, 1.165) is 0 Å². The number of hydrogen-bond donors (Lipinski definition) is 1. The fourth-order valence-electron chi connectivity index (χ4n) is 2.80. The molecule has 2 aromatic rings. The molecular weight excluding hydrogens is 374 g/mol. The maximum absolute atomic E-state index is 12.6. The number of piperazine rings is 1. The van der Waals surface area contributed by atoms with Gasteiger partial charge in [0.25, 0.3) is 0 Å². The number of nitrogens with one attached hydrogen (secondary N) is 1. The molecule has 0 aliphatic carbocycles. The third kappa shape index (κ3) is 4.55. The molecule has 1 aliphatic heterocycles. The number of hydrogen-bond acceptors (Lipinski definition) is 3. The number of amides is 2. The van der Waals surface area contributed by atoms with Gasteiger partial charge in [0.15, 0.2) is 0 Å². The first kappa shape index (κ1) is 18.7. The van der Waals surface area contributed by atoms with Crippen LogP contribution in [0.25, 0.3) is 0 Å². The maximum atomic E-state index is 12.6. The number of sulfonamides is 1. The average molecular weight is 394 g/mol. The summed E-state index contributed by atoms with van der Waals surface area (Å²) in [6.45, 7) is 1.24. The molecule has 0 saturated carbocycles. The molecule has 26 heavy (non-hydrogen) atoms. The Hall–Kier alpha value is -2.09. The zero-order valence-corrected chi connectivity index (χ0v) is 15.7. The Bertz CT molecular complexity index is 866. The van der Waals surface area contributed by atoms with Crippen LogP contribution in [-0.2, 0) is 15.8 Å². The minimum absolute atomic E-state index is 0.136. The van der Waals surface area contributed by atoms with Gasteiger partial charge in [0.1, 0.15) is 0 Å². The molecule has 2 amide bonds. The van der Waals surface area contributed by atoms with E-state index in [9.17, 15) is 13.2 Å². The molecule has 0 aromatic heterocycles. The van der Waals surface area contributed by atoms with E-state index < -0.39 is 10.0 Å². The summed E-state index contributed by atoms with van der Waals surface area (Å²) in [7, 11) is -3.48. The van der Waals surface area contributed by atoms with Gasteiger partial charge in [-0.2, -0.15) is 4.31 Å². The van der Waals surface area contributed by atoms with Crippen molar-refractivity contribution in [1.29, 1.82) is 0 Å². The van der Waals surface area contributed by atoms with Gasteiger partial charge < -0.3 is 10.2 Å². The van der Waals surface area contributed by atoms with Gasteiger partial charge in [-0.1, -0.05) is 48.0 Å². The number of benzene rings is 2. The van der Waals surface area contributed by atoms with Gasteiger partial charge in [-0.25, -0.2) is 13.2 Å². The monoisotopic (exact) mass is 393 g/mol. The quantitative estimate of drug-likeness (QED) is 0.868. The number of carbonyl (C=O) groups is 1. The smallest absolute Gasteiger partial charge is 0.321 e. The van der Waals surface area contributed by atoms with Crippen LogP contribution in [0.5, 0.6) is 0 Å². The van der Waals surface area contributed by atoms with Crippen molar-refractivity contribution in [3.05, 3.63) is 65.2 Å². The second kappa shape index (κ2) is 8.07. The number of para-hydroxylation sites is 1. The summed E-state index contributed by atoms with van der Waals surface area (Å²) < 4.78 is 26.7. The molecule has 0 spiro atoms. The van der Waals surface area contributed by atoms with Gasteiger partial charge >= 0.3 is 6.03 Å². The lowest BCUT2D eigenvalue weighted by molar-refractivity contribution is 0.184. The summed E-state index contributed by atoms with van der Waals surface area (Å²) in [4.78, 5) is 13.9. The van der Waals surface area contributed by atoms with Gasteiger partial charge in [0, 0.05) is 36.9 Å². The van der Waals surface area contributed by atoms with Crippen LogP contribution in [0.15, 0.2) is 54.6 Å². The summed E-state index contributed by atoms with van der Waals surface area (Å²) in [5, 5.41) is 3.26. The first-order valence-electron chi connectivity index (χ1n) is 8.28. The molecular formula is C18H20ClN3O3S. The molecule has 1 N–H and O–H groups in total. The second-order valence-electron chi connectivity index (χ2n) is 6.03. The van der Waals surface area contributed by atoms with E-state index in [0.29, 0.717) is 29.4 Å². The summed E-state index contributed by atoms with van der Waals surface area (Å²) >= 11 is 6.07. The van der Waals surface area contributed by atoms with Gasteiger partial charge in [-0.05, 0) is 23.8 Å². The summed E-state index contributed by atoms with van der Waals surface area (Å²) in [6, 6.07) is 15.9. The van der Waals surface area contributed by atoms with Gasteiger partial charge in [-0.3, -0.25) is 0 Å². The van der Waals surface area contributed by atoms with Crippen molar-refractivity contribution in [3.63, 3.8) is 0 Å². The van der Waals surface area contributed by atoms with Gasteiger partial charge in [0.05, 0.1) is 5.75 Å². The van der Waals surface area contributed by atoms with Crippen molar-refractivity contribution in [3.8, 4) is 0 Å². The van der Waals surface area contributed by atoms with E-state index in [2.05, 4.69) is 5.32 Å². The molecule has 1 fully saturated rings. The molecule has 2 aromatic carbocycles. The van der Waals surface area contributed by atoms with Crippen LogP contribution in [0.2, 0.25) is 5.02 Å². The van der Waals surface area contributed by atoms with Crippen LogP contribution in [-0.4, -0.2) is 49.8 Å². The molecule has 138 valence electrons. The van der Waals surface area contributed by atoms with E-state index >= 15 is 0 Å².